The van der Waals surface area contributed by atoms with Crippen molar-refractivity contribution < 1.29 is 4.74 Å². The first-order chi connectivity index (χ1) is 12.3. The Morgan fingerprint density at radius 1 is 1.04 bits per heavy atom. The Hall–Kier alpha value is -1.97. The second-order valence-electron chi connectivity index (χ2n) is 6.68. The van der Waals surface area contributed by atoms with Crippen molar-refractivity contribution in [3.8, 4) is 5.75 Å². The van der Waals surface area contributed by atoms with Gasteiger partial charge in [-0.25, -0.2) is 0 Å². The molecule has 1 aromatic heterocycles. The van der Waals surface area contributed by atoms with Crippen LogP contribution in [-0.4, -0.2) is 30.1 Å². The maximum Gasteiger partial charge on any atom is 0.123 e. The quantitative estimate of drug-likeness (QED) is 0.679. The molecule has 130 valence electrons. The number of H-pyrrole nitrogens is 1. The number of hydrogen-bond acceptors (Lipinski definition) is 2. The molecule has 1 atom stereocenters. The molecule has 3 nitrogen and oxygen atoms in total. The third kappa shape index (κ3) is 3.14. The Balaban J connectivity index is 1.88. The van der Waals surface area contributed by atoms with E-state index in [2.05, 4.69) is 40.3 Å². The molecule has 1 saturated heterocycles. The minimum atomic E-state index is 0.170. The number of fused-ring (bicyclic) bond motifs is 1. The van der Waals surface area contributed by atoms with Crippen molar-refractivity contribution in [2.45, 2.75) is 25.3 Å². The number of halogens is 1. The van der Waals surface area contributed by atoms with E-state index in [1.54, 1.807) is 7.11 Å². The summed E-state index contributed by atoms with van der Waals surface area (Å²) in [6, 6.07) is 14.6. The average molecular weight is 355 g/mol. The van der Waals surface area contributed by atoms with Crippen LogP contribution in [0.15, 0.2) is 48.7 Å². The van der Waals surface area contributed by atoms with Crippen LogP contribution in [0.1, 0.15) is 36.4 Å². The smallest absolute Gasteiger partial charge is 0.123 e. The Morgan fingerprint density at radius 2 is 1.84 bits per heavy atom. The van der Waals surface area contributed by atoms with Crippen LogP contribution in [0.5, 0.6) is 5.75 Å². The van der Waals surface area contributed by atoms with E-state index in [0.717, 1.165) is 29.4 Å². The Kier molecular flexibility index (Phi) is 4.69. The molecular weight excluding hydrogens is 332 g/mol. The number of nitrogens with one attached hydrogen (secondary N) is 1. The van der Waals surface area contributed by atoms with Crippen LogP contribution < -0.4 is 4.74 Å². The number of nitrogens with zero attached hydrogens (tertiary/aromatic N) is 1. The molecule has 0 aliphatic carbocycles. The van der Waals surface area contributed by atoms with Crippen molar-refractivity contribution in [3.63, 3.8) is 0 Å². The van der Waals surface area contributed by atoms with E-state index >= 15 is 0 Å². The molecule has 4 heteroatoms. The van der Waals surface area contributed by atoms with Crippen molar-refractivity contribution in [1.82, 2.24) is 9.88 Å². The molecule has 1 fully saturated rings. The van der Waals surface area contributed by atoms with Gasteiger partial charge in [0.25, 0.3) is 0 Å². The van der Waals surface area contributed by atoms with Gasteiger partial charge in [0.2, 0.25) is 0 Å². The first kappa shape index (κ1) is 16.5. The van der Waals surface area contributed by atoms with Crippen LogP contribution in [0.25, 0.3) is 10.9 Å². The SMILES string of the molecule is COc1ccccc1C(c1c[nH]c2ccc(Cl)cc12)N1CCCCC1. The predicted octanol–water partition coefficient (Wildman–Crippen LogP) is 5.41. The lowest BCUT2D eigenvalue weighted by molar-refractivity contribution is 0.185. The van der Waals surface area contributed by atoms with Gasteiger partial charge in [0.05, 0.1) is 13.2 Å². The maximum atomic E-state index is 6.29. The van der Waals surface area contributed by atoms with Gasteiger partial charge in [-0.05, 0) is 55.8 Å². The van der Waals surface area contributed by atoms with E-state index in [1.165, 1.54) is 35.8 Å². The second-order valence-corrected chi connectivity index (χ2v) is 7.11. The van der Waals surface area contributed by atoms with Crippen LogP contribution in [0, 0.1) is 0 Å². The molecule has 1 aliphatic rings. The summed E-state index contributed by atoms with van der Waals surface area (Å²) in [6.07, 6.45) is 5.94. The van der Waals surface area contributed by atoms with Crippen molar-refractivity contribution in [2.24, 2.45) is 0 Å². The highest BCUT2D eigenvalue weighted by Crippen LogP contribution is 2.39. The Bertz CT molecular complexity index is 867. The van der Waals surface area contributed by atoms with E-state index < -0.39 is 0 Å². The van der Waals surface area contributed by atoms with Crippen molar-refractivity contribution >= 4 is 22.5 Å². The first-order valence-electron chi connectivity index (χ1n) is 8.91. The molecule has 0 bridgehead atoms. The summed E-state index contributed by atoms with van der Waals surface area (Å²) in [4.78, 5) is 5.99. The molecule has 1 N–H and O–H groups in total. The van der Waals surface area contributed by atoms with Gasteiger partial charge in [-0.1, -0.05) is 36.2 Å². The summed E-state index contributed by atoms with van der Waals surface area (Å²) in [5.74, 6) is 0.939. The summed E-state index contributed by atoms with van der Waals surface area (Å²) < 4.78 is 5.69. The fraction of sp³-hybridized carbons (Fsp3) is 0.333. The maximum absolute atomic E-state index is 6.29. The van der Waals surface area contributed by atoms with Gasteiger partial charge in [0, 0.05) is 27.7 Å². The number of para-hydroxylation sites is 1. The number of aromatic amines is 1. The topological polar surface area (TPSA) is 28.3 Å². The number of methoxy groups -OCH3 is 1. The van der Waals surface area contributed by atoms with E-state index in [-0.39, 0.29) is 6.04 Å². The molecule has 25 heavy (non-hydrogen) atoms. The highest BCUT2D eigenvalue weighted by Gasteiger charge is 2.28. The Morgan fingerprint density at radius 3 is 2.64 bits per heavy atom. The number of aromatic nitrogens is 1. The van der Waals surface area contributed by atoms with Gasteiger partial charge < -0.3 is 9.72 Å². The van der Waals surface area contributed by atoms with Gasteiger partial charge >= 0.3 is 0 Å². The molecular formula is C21H23ClN2O. The highest BCUT2D eigenvalue weighted by molar-refractivity contribution is 6.31. The minimum Gasteiger partial charge on any atom is -0.496 e. The molecule has 3 aromatic rings. The molecule has 0 spiro atoms. The monoisotopic (exact) mass is 354 g/mol. The van der Waals surface area contributed by atoms with E-state index in [1.807, 2.05) is 18.2 Å². The largest absolute Gasteiger partial charge is 0.496 e. The third-order valence-electron chi connectivity index (χ3n) is 5.16. The van der Waals surface area contributed by atoms with Crippen LogP contribution in [-0.2, 0) is 0 Å². The minimum absolute atomic E-state index is 0.170. The van der Waals surface area contributed by atoms with E-state index in [9.17, 15) is 0 Å². The molecule has 2 aromatic carbocycles. The molecule has 0 radical (unpaired) electrons. The Labute approximate surface area is 153 Å². The van der Waals surface area contributed by atoms with Crippen LogP contribution in [0.4, 0.5) is 0 Å². The number of likely N-dealkylation sites (tertiary alicyclic amines) is 1. The van der Waals surface area contributed by atoms with Crippen molar-refractivity contribution in [1.29, 1.82) is 0 Å². The lowest BCUT2D eigenvalue weighted by Crippen LogP contribution is -2.34. The zero-order valence-corrected chi connectivity index (χ0v) is 15.2. The zero-order valence-electron chi connectivity index (χ0n) is 14.5. The number of piperidine rings is 1. The predicted molar refractivity (Wildman–Crippen MR) is 104 cm³/mol. The van der Waals surface area contributed by atoms with Gasteiger partial charge in [-0.15, -0.1) is 0 Å². The van der Waals surface area contributed by atoms with Gasteiger partial charge in [-0.2, -0.15) is 0 Å². The van der Waals surface area contributed by atoms with Crippen LogP contribution >= 0.6 is 11.6 Å². The number of ether oxygens (including phenoxy) is 1. The van der Waals surface area contributed by atoms with Crippen molar-refractivity contribution in [2.75, 3.05) is 20.2 Å². The average Bonchev–Trinajstić information content (AvgIpc) is 3.06. The summed E-state index contributed by atoms with van der Waals surface area (Å²) in [5, 5.41) is 1.96. The lowest BCUT2D eigenvalue weighted by atomic mass is 9.94. The second kappa shape index (κ2) is 7.11. The highest BCUT2D eigenvalue weighted by atomic mass is 35.5. The first-order valence-corrected chi connectivity index (χ1v) is 9.29. The van der Waals surface area contributed by atoms with Gasteiger partial charge in [0.1, 0.15) is 5.75 Å². The van der Waals surface area contributed by atoms with Gasteiger partial charge in [0.15, 0.2) is 0 Å². The van der Waals surface area contributed by atoms with Crippen LogP contribution in [0.2, 0.25) is 5.02 Å². The zero-order chi connectivity index (χ0) is 17.2. The lowest BCUT2D eigenvalue weighted by Gasteiger charge is -2.35. The fourth-order valence-corrected chi connectivity index (χ4v) is 4.14. The van der Waals surface area contributed by atoms with E-state index in [0.29, 0.717) is 0 Å². The number of hydrogen-bond donors (Lipinski definition) is 1. The summed E-state index contributed by atoms with van der Waals surface area (Å²) in [7, 11) is 1.75. The molecule has 1 aliphatic heterocycles. The third-order valence-corrected chi connectivity index (χ3v) is 5.39. The summed E-state index contributed by atoms with van der Waals surface area (Å²) in [6.45, 7) is 2.21. The standard InChI is InChI=1S/C21H23ClN2O/c1-25-20-8-4-3-7-16(20)21(24-11-5-2-6-12-24)18-14-23-19-10-9-15(22)13-17(18)19/h3-4,7-10,13-14,21,23H,2,5-6,11-12H2,1H3. The van der Waals surface area contributed by atoms with E-state index in [4.69, 9.17) is 16.3 Å². The number of benzene rings is 2. The van der Waals surface area contributed by atoms with Crippen LogP contribution in [0.3, 0.4) is 0 Å². The molecule has 0 saturated carbocycles. The summed E-state index contributed by atoms with van der Waals surface area (Å²) in [5.41, 5.74) is 3.60. The normalized spacial score (nSPS) is 16.9. The van der Waals surface area contributed by atoms with Gasteiger partial charge in [-0.3, -0.25) is 4.90 Å². The molecule has 0 amide bonds. The molecule has 2 heterocycles. The fourth-order valence-electron chi connectivity index (χ4n) is 3.97. The summed E-state index contributed by atoms with van der Waals surface area (Å²) >= 11 is 6.29. The molecule has 1 unspecified atom stereocenters. The number of rotatable bonds is 4. The van der Waals surface area contributed by atoms with Crippen molar-refractivity contribution in [3.05, 3.63) is 64.8 Å². The molecule has 4 rings (SSSR count).